The van der Waals surface area contributed by atoms with Crippen molar-refractivity contribution in [2.24, 2.45) is 0 Å². The molecule has 0 heterocycles. The molecule has 0 spiro atoms. The highest BCUT2D eigenvalue weighted by Crippen LogP contribution is 2.46. The molecule has 176 valence electrons. The number of fused-ring (bicyclic) bond motifs is 1. The fraction of sp³-hybridized carbons (Fsp3) is 0.444. The van der Waals surface area contributed by atoms with Crippen LogP contribution in [0.15, 0.2) is 42.5 Å². The van der Waals surface area contributed by atoms with E-state index in [1.165, 1.54) is 31.1 Å². The van der Waals surface area contributed by atoms with Crippen molar-refractivity contribution in [3.05, 3.63) is 64.7 Å². The van der Waals surface area contributed by atoms with E-state index >= 15 is 0 Å². The van der Waals surface area contributed by atoms with Crippen LogP contribution < -0.4 is 4.74 Å². The molecule has 0 radical (unpaired) electrons. The van der Waals surface area contributed by atoms with Crippen LogP contribution in [-0.2, 0) is 27.0 Å². The van der Waals surface area contributed by atoms with E-state index in [0.29, 0.717) is 6.61 Å². The minimum absolute atomic E-state index is 0.0671. The standard InChI is InChI=1S/C27H34N2O3S/c1-26(2)12-13-27(3,4)23-14-18(6-11-22(23)26)16-32-20-9-7-19(8-10-20)21(15-24(30)31-5)25(29)33-17-28/h6-11,14,17,21,28-29H,12-13,15-16H2,1-5H3/t21-/m0/s1. The molecule has 5 nitrogen and oxygen atoms in total. The lowest BCUT2D eigenvalue weighted by Crippen LogP contribution is -2.33. The number of carbonyl (C=O) groups excluding carboxylic acids is 1. The largest absolute Gasteiger partial charge is 0.489 e. The van der Waals surface area contributed by atoms with Gasteiger partial charge in [-0.25, -0.2) is 0 Å². The Morgan fingerprint density at radius 3 is 2.30 bits per heavy atom. The van der Waals surface area contributed by atoms with E-state index in [0.717, 1.165) is 34.2 Å². The summed E-state index contributed by atoms with van der Waals surface area (Å²) >= 11 is 0.995. The number of carbonyl (C=O) groups is 1. The third-order valence-corrected chi connectivity index (χ3v) is 7.36. The Hall–Kier alpha value is -2.60. The Morgan fingerprint density at radius 1 is 1.06 bits per heavy atom. The van der Waals surface area contributed by atoms with Crippen LogP contribution >= 0.6 is 11.8 Å². The monoisotopic (exact) mass is 466 g/mol. The molecule has 0 aliphatic heterocycles. The van der Waals surface area contributed by atoms with Crippen LogP contribution in [0.3, 0.4) is 0 Å². The molecular weight excluding hydrogens is 432 g/mol. The third-order valence-electron chi connectivity index (χ3n) is 6.71. The zero-order valence-corrected chi connectivity index (χ0v) is 21.0. The second kappa shape index (κ2) is 10.1. The summed E-state index contributed by atoms with van der Waals surface area (Å²) in [4.78, 5) is 11.8. The zero-order chi connectivity index (χ0) is 24.2. The molecule has 0 fully saturated rings. The van der Waals surface area contributed by atoms with E-state index in [-0.39, 0.29) is 28.3 Å². The number of hydrogen-bond acceptors (Lipinski definition) is 6. The summed E-state index contributed by atoms with van der Waals surface area (Å²) in [5.41, 5.74) is 6.30. The maximum atomic E-state index is 11.8. The summed E-state index contributed by atoms with van der Waals surface area (Å²) in [6, 6.07) is 14.2. The maximum absolute atomic E-state index is 11.8. The van der Waals surface area contributed by atoms with Crippen molar-refractivity contribution in [1.29, 1.82) is 10.8 Å². The fourth-order valence-corrected chi connectivity index (χ4v) is 4.96. The number of nitrogens with one attached hydrogen (secondary N) is 2. The molecule has 0 aromatic heterocycles. The van der Waals surface area contributed by atoms with Crippen LogP contribution in [0.5, 0.6) is 5.75 Å². The van der Waals surface area contributed by atoms with Crippen LogP contribution in [-0.4, -0.2) is 23.7 Å². The van der Waals surface area contributed by atoms with Gasteiger partial charge in [0.25, 0.3) is 0 Å². The topological polar surface area (TPSA) is 83.2 Å². The smallest absolute Gasteiger partial charge is 0.306 e. The predicted molar refractivity (Wildman–Crippen MR) is 136 cm³/mol. The molecule has 2 aromatic rings. The fourth-order valence-electron chi connectivity index (χ4n) is 4.45. The molecule has 1 aliphatic carbocycles. The number of ether oxygens (including phenoxy) is 2. The molecule has 1 aliphatic rings. The molecule has 0 unspecified atom stereocenters. The van der Waals surface area contributed by atoms with Gasteiger partial charge in [-0.1, -0.05) is 69.8 Å². The van der Waals surface area contributed by atoms with Crippen LogP contribution in [0, 0.1) is 10.8 Å². The maximum Gasteiger partial charge on any atom is 0.306 e. The van der Waals surface area contributed by atoms with Gasteiger partial charge in [0.15, 0.2) is 0 Å². The van der Waals surface area contributed by atoms with Crippen LogP contribution in [0.25, 0.3) is 0 Å². The van der Waals surface area contributed by atoms with Gasteiger partial charge in [0.1, 0.15) is 12.4 Å². The summed E-state index contributed by atoms with van der Waals surface area (Å²) in [5.74, 6) is -0.0855. The Kier molecular flexibility index (Phi) is 7.68. The average Bonchev–Trinajstić information content (AvgIpc) is 2.79. The van der Waals surface area contributed by atoms with Gasteiger partial charge in [0.2, 0.25) is 0 Å². The molecule has 2 aromatic carbocycles. The minimum Gasteiger partial charge on any atom is -0.489 e. The van der Waals surface area contributed by atoms with Crippen molar-refractivity contribution in [2.45, 2.75) is 70.3 Å². The number of benzene rings is 2. The SMILES string of the molecule is COC(=O)C[C@H](C(=N)SC=N)c1ccc(OCc2ccc3c(c2)C(C)(C)CCC3(C)C)cc1. The Balaban J connectivity index is 1.73. The van der Waals surface area contributed by atoms with Crippen LogP contribution in [0.4, 0.5) is 0 Å². The van der Waals surface area contributed by atoms with Gasteiger partial charge >= 0.3 is 5.97 Å². The van der Waals surface area contributed by atoms with Gasteiger partial charge in [-0.3, -0.25) is 10.2 Å². The van der Waals surface area contributed by atoms with Gasteiger partial charge in [-0.05, 0) is 58.1 Å². The van der Waals surface area contributed by atoms with E-state index in [1.54, 1.807) is 0 Å². The normalized spacial score (nSPS) is 16.9. The zero-order valence-electron chi connectivity index (χ0n) is 20.2. The first-order valence-corrected chi connectivity index (χ1v) is 12.1. The summed E-state index contributed by atoms with van der Waals surface area (Å²) in [6.45, 7) is 9.78. The molecule has 6 heteroatoms. The summed E-state index contributed by atoms with van der Waals surface area (Å²) in [6.07, 6.45) is 2.44. The van der Waals surface area contributed by atoms with Gasteiger partial charge < -0.3 is 14.9 Å². The Morgan fingerprint density at radius 2 is 1.70 bits per heavy atom. The predicted octanol–water partition coefficient (Wildman–Crippen LogP) is 6.58. The Labute approximate surface area is 201 Å². The molecule has 0 amide bonds. The third kappa shape index (κ3) is 5.85. The lowest BCUT2D eigenvalue weighted by atomic mass is 9.63. The number of methoxy groups -OCH3 is 1. The van der Waals surface area contributed by atoms with Crippen molar-refractivity contribution in [1.82, 2.24) is 0 Å². The minimum atomic E-state index is -0.440. The quantitative estimate of drug-likeness (QED) is 0.261. The van der Waals surface area contributed by atoms with Crippen molar-refractivity contribution in [3.63, 3.8) is 0 Å². The molecular formula is C27H34N2O3S. The first kappa shape index (κ1) is 25.0. The van der Waals surface area contributed by atoms with Gasteiger partial charge in [0.05, 0.1) is 24.1 Å². The van der Waals surface area contributed by atoms with E-state index in [4.69, 9.17) is 20.3 Å². The highest BCUT2D eigenvalue weighted by molar-refractivity contribution is 8.24. The molecule has 3 rings (SSSR count). The van der Waals surface area contributed by atoms with E-state index in [9.17, 15) is 4.79 Å². The van der Waals surface area contributed by atoms with Crippen molar-refractivity contribution < 1.29 is 14.3 Å². The Bertz CT molecular complexity index is 1030. The van der Waals surface area contributed by atoms with E-state index < -0.39 is 5.92 Å². The molecule has 0 bridgehead atoms. The summed E-state index contributed by atoms with van der Waals surface area (Å²) in [7, 11) is 1.34. The molecule has 33 heavy (non-hydrogen) atoms. The summed E-state index contributed by atoms with van der Waals surface area (Å²) in [5, 5.41) is 15.7. The van der Waals surface area contributed by atoms with Crippen LogP contribution in [0.1, 0.15) is 75.1 Å². The average molecular weight is 467 g/mol. The summed E-state index contributed by atoms with van der Waals surface area (Å²) < 4.78 is 10.8. The van der Waals surface area contributed by atoms with Gasteiger partial charge in [0, 0.05) is 5.92 Å². The van der Waals surface area contributed by atoms with E-state index in [2.05, 4.69) is 45.9 Å². The lowest BCUT2D eigenvalue weighted by molar-refractivity contribution is -0.140. The number of esters is 1. The molecule has 0 saturated heterocycles. The van der Waals surface area contributed by atoms with Gasteiger partial charge in [-0.2, -0.15) is 0 Å². The number of thioether (sulfide) groups is 1. The molecule has 0 saturated carbocycles. The van der Waals surface area contributed by atoms with Crippen molar-refractivity contribution in [2.75, 3.05) is 7.11 Å². The first-order valence-electron chi connectivity index (χ1n) is 11.2. The number of hydrogen-bond donors (Lipinski definition) is 2. The van der Waals surface area contributed by atoms with Gasteiger partial charge in [-0.15, -0.1) is 0 Å². The molecule has 1 atom stereocenters. The first-order chi connectivity index (χ1) is 15.6. The second-order valence-electron chi connectivity index (χ2n) is 9.94. The molecule has 2 N–H and O–H groups in total. The second-order valence-corrected chi connectivity index (χ2v) is 10.8. The highest BCUT2D eigenvalue weighted by atomic mass is 32.2. The highest BCUT2D eigenvalue weighted by Gasteiger charge is 2.36. The lowest BCUT2D eigenvalue weighted by Gasteiger charge is -2.42. The number of rotatable bonds is 8. The van der Waals surface area contributed by atoms with Crippen molar-refractivity contribution in [3.8, 4) is 5.75 Å². The van der Waals surface area contributed by atoms with Crippen LogP contribution in [0.2, 0.25) is 0 Å². The van der Waals surface area contributed by atoms with Crippen molar-refractivity contribution >= 4 is 28.3 Å². The van der Waals surface area contributed by atoms with E-state index in [1.807, 2.05) is 24.3 Å².